The van der Waals surface area contributed by atoms with E-state index in [1.54, 1.807) is 4.57 Å². The van der Waals surface area contributed by atoms with E-state index in [1.165, 1.54) is 17.6 Å². The molecule has 0 fully saturated rings. The van der Waals surface area contributed by atoms with Gasteiger partial charge in [-0.25, -0.2) is 15.0 Å². The van der Waals surface area contributed by atoms with Crippen LogP contribution in [0.2, 0.25) is 0 Å². The van der Waals surface area contributed by atoms with Gasteiger partial charge in [-0.15, -0.1) is 0 Å². The summed E-state index contributed by atoms with van der Waals surface area (Å²) in [6.07, 6.45) is 2.36. The Kier molecular flexibility index (Phi) is 7.04. The zero-order valence-corrected chi connectivity index (χ0v) is 15.6. The van der Waals surface area contributed by atoms with Crippen molar-refractivity contribution in [2.75, 3.05) is 38.4 Å². The second-order valence-electron chi connectivity index (χ2n) is 5.38. The largest absolute Gasteiger partial charge is 0.382 e. The van der Waals surface area contributed by atoms with E-state index in [0.29, 0.717) is 30.8 Å². The van der Waals surface area contributed by atoms with E-state index in [4.69, 9.17) is 15.0 Å². The molecule has 0 bridgehead atoms. The van der Waals surface area contributed by atoms with Gasteiger partial charge in [-0.2, -0.15) is 0 Å². The molecule has 0 saturated carbocycles. The Morgan fingerprint density at radius 3 is 2.77 bits per heavy atom. The molecule has 0 aliphatic carbocycles. The first kappa shape index (κ1) is 20.2. The van der Waals surface area contributed by atoms with Crippen molar-refractivity contribution in [3.05, 3.63) is 12.7 Å². The van der Waals surface area contributed by atoms with E-state index in [9.17, 15) is 14.3 Å². The molecule has 1 amide bonds. The summed E-state index contributed by atoms with van der Waals surface area (Å²) in [6, 6.07) is 0. The Labute approximate surface area is 150 Å². The second kappa shape index (κ2) is 9.04. The molecule has 0 saturated heterocycles. The summed E-state index contributed by atoms with van der Waals surface area (Å²) in [5, 5.41) is 0. The predicted octanol–water partition coefficient (Wildman–Crippen LogP) is 0.453. The van der Waals surface area contributed by atoms with Crippen LogP contribution in [0.1, 0.15) is 13.8 Å². The van der Waals surface area contributed by atoms with E-state index >= 15 is 0 Å². The minimum atomic E-state index is -4.01. The topological polar surface area (TPSA) is 146 Å². The maximum atomic E-state index is 11.9. The standard InChI is InChI=1S/C14H23N6O5P/c1-3-19(4-2)11(21)7-25-26(22,23)10-24-6-5-20-9-18-12-13(15)16-8-17-14(12)20/h8-9H,3-7,10H2,1-2H3,(H,22,23)(H2,15,16,17). The fourth-order valence-corrected chi connectivity index (χ4v) is 3.01. The number of hydrogen-bond donors (Lipinski definition) is 2. The maximum Gasteiger partial charge on any atom is 0.354 e. The van der Waals surface area contributed by atoms with Crippen molar-refractivity contribution in [1.29, 1.82) is 0 Å². The van der Waals surface area contributed by atoms with Gasteiger partial charge in [-0.3, -0.25) is 13.9 Å². The van der Waals surface area contributed by atoms with E-state index < -0.39 is 20.6 Å². The smallest absolute Gasteiger partial charge is 0.354 e. The molecule has 0 radical (unpaired) electrons. The quantitative estimate of drug-likeness (QED) is 0.439. The predicted molar refractivity (Wildman–Crippen MR) is 94.3 cm³/mol. The number of carbonyl (C=O) groups excluding carboxylic acids is 1. The number of nitrogens with zero attached hydrogens (tertiary/aromatic N) is 5. The zero-order chi connectivity index (χ0) is 19.2. The first-order valence-electron chi connectivity index (χ1n) is 8.11. The molecule has 0 aliphatic heterocycles. The lowest BCUT2D eigenvalue weighted by Crippen LogP contribution is -2.33. The molecule has 1 unspecified atom stereocenters. The number of anilines is 1. The fraction of sp³-hybridized carbons (Fsp3) is 0.571. The summed E-state index contributed by atoms with van der Waals surface area (Å²) in [5.74, 6) is -0.0627. The van der Waals surface area contributed by atoms with Gasteiger partial charge in [-0.1, -0.05) is 0 Å². The van der Waals surface area contributed by atoms with Gasteiger partial charge in [-0.05, 0) is 13.8 Å². The van der Waals surface area contributed by atoms with Crippen LogP contribution in [0.3, 0.4) is 0 Å². The fourth-order valence-electron chi connectivity index (χ4n) is 2.27. The van der Waals surface area contributed by atoms with Crippen LogP contribution < -0.4 is 5.73 Å². The lowest BCUT2D eigenvalue weighted by atomic mass is 10.5. The number of amides is 1. The molecular formula is C14H23N6O5P. The van der Waals surface area contributed by atoms with Crippen LogP contribution in [0, 0.1) is 0 Å². The molecule has 26 heavy (non-hydrogen) atoms. The van der Waals surface area contributed by atoms with Crippen LogP contribution in [0.4, 0.5) is 5.82 Å². The highest BCUT2D eigenvalue weighted by molar-refractivity contribution is 7.52. The summed E-state index contributed by atoms with van der Waals surface area (Å²) < 4.78 is 23.7. The first-order valence-corrected chi connectivity index (χ1v) is 9.87. The van der Waals surface area contributed by atoms with Crippen molar-refractivity contribution in [1.82, 2.24) is 24.4 Å². The van der Waals surface area contributed by atoms with Crippen LogP contribution in [0.15, 0.2) is 12.7 Å². The number of nitrogen functional groups attached to an aromatic ring is 1. The number of carbonyl (C=O) groups is 1. The average molecular weight is 386 g/mol. The number of imidazole rings is 1. The Morgan fingerprint density at radius 2 is 2.08 bits per heavy atom. The van der Waals surface area contributed by atoms with Gasteiger partial charge >= 0.3 is 7.60 Å². The zero-order valence-electron chi connectivity index (χ0n) is 14.7. The molecule has 2 rings (SSSR count). The minimum absolute atomic E-state index is 0.132. The van der Waals surface area contributed by atoms with Crippen molar-refractivity contribution < 1.29 is 23.5 Å². The summed E-state index contributed by atoms with van der Waals surface area (Å²) in [4.78, 5) is 35.1. The van der Waals surface area contributed by atoms with Crippen molar-refractivity contribution in [3.63, 3.8) is 0 Å². The number of fused-ring (bicyclic) bond motifs is 1. The SMILES string of the molecule is CCN(CC)C(=O)COP(=O)(O)COCCn1cnc2c(N)ncnc21. The van der Waals surface area contributed by atoms with E-state index in [0.717, 1.165) is 0 Å². The highest BCUT2D eigenvalue weighted by atomic mass is 31.2. The number of aromatic nitrogens is 4. The number of ether oxygens (including phenoxy) is 1. The molecule has 11 nitrogen and oxygen atoms in total. The van der Waals surface area contributed by atoms with Gasteiger partial charge in [0.1, 0.15) is 24.8 Å². The molecule has 2 aromatic heterocycles. The van der Waals surface area contributed by atoms with Crippen molar-refractivity contribution in [3.8, 4) is 0 Å². The molecule has 2 heterocycles. The molecule has 12 heteroatoms. The summed E-state index contributed by atoms with van der Waals surface area (Å²) in [5.41, 5.74) is 6.74. The molecule has 144 valence electrons. The third-order valence-corrected chi connectivity index (χ3v) is 4.71. The monoisotopic (exact) mass is 386 g/mol. The Morgan fingerprint density at radius 1 is 1.35 bits per heavy atom. The van der Waals surface area contributed by atoms with Crippen LogP contribution in [0.5, 0.6) is 0 Å². The Hall–Kier alpha value is -2.07. The van der Waals surface area contributed by atoms with E-state index in [2.05, 4.69) is 15.0 Å². The molecule has 3 N–H and O–H groups in total. The van der Waals surface area contributed by atoms with Crippen LogP contribution in [0.25, 0.3) is 11.2 Å². The summed E-state index contributed by atoms with van der Waals surface area (Å²) in [7, 11) is -4.01. The molecule has 0 spiro atoms. The van der Waals surface area contributed by atoms with Gasteiger partial charge in [0.25, 0.3) is 0 Å². The summed E-state index contributed by atoms with van der Waals surface area (Å²) >= 11 is 0. The van der Waals surface area contributed by atoms with Crippen molar-refractivity contribution >= 4 is 30.5 Å². The molecule has 0 aliphatic rings. The van der Waals surface area contributed by atoms with Gasteiger partial charge < -0.3 is 24.8 Å². The van der Waals surface area contributed by atoms with E-state index in [-0.39, 0.29) is 18.3 Å². The average Bonchev–Trinajstić information content (AvgIpc) is 3.03. The molecular weight excluding hydrogens is 363 g/mol. The number of hydrogen-bond acceptors (Lipinski definition) is 8. The molecule has 2 aromatic rings. The number of rotatable bonds is 10. The van der Waals surface area contributed by atoms with Crippen molar-refractivity contribution in [2.24, 2.45) is 0 Å². The Balaban J connectivity index is 1.78. The number of nitrogens with two attached hydrogens (primary N) is 1. The third-order valence-electron chi connectivity index (χ3n) is 3.67. The first-order chi connectivity index (χ1) is 12.4. The van der Waals surface area contributed by atoms with Gasteiger partial charge in [0.2, 0.25) is 5.91 Å². The van der Waals surface area contributed by atoms with Crippen LogP contribution in [-0.2, 0) is 25.2 Å². The van der Waals surface area contributed by atoms with Crippen molar-refractivity contribution in [2.45, 2.75) is 20.4 Å². The lowest BCUT2D eigenvalue weighted by molar-refractivity contribution is -0.133. The van der Waals surface area contributed by atoms with Gasteiger partial charge in [0.05, 0.1) is 12.9 Å². The highest BCUT2D eigenvalue weighted by Crippen LogP contribution is 2.41. The molecule has 1 atom stereocenters. The summed E-state index contributed by atoms with van der Waals surface area (Å²) in [6.45, 7) is 4.69. The van der Waals surface area contributed by atoms with Crippen LogP contribution >= 0.6 is 7.60 Å². The lowest BCUT2D eigenvalue weighted by Gasteiger charge is -2.19. The number of likely N-dealkylation sites (N-methyl/N-ethyl adjacent to an activating group) is 1. The highest BCUT2D eigenvalue weighted by Gasteiger charge is 2.22. The molecule has 0 aromatic carbocycles. The maximum absolute atomic E-state index is 11.9. The van der Waals surface area contributed by atoms with Crippen LogP contribution in [-0.4, -0.2) is 67.9 Å². The van der Waals surface area contributed by atoms with Gasteiger partial charge in [0, 0.05) is 19.6 Å². The van der Waals surface area contributed by atoms with E-state index in [1.807, 2.05) is 13.8 Å². The Bertz CT molecular complexity index is 793. The van der Waals surface area contributed by atoms with Gasteiger partial charge in [0.15, 0.2) is 11.5 Å². The second-order valence-corrected chi connectivity index (χ2v) is 7.17. The third kappa shape index (κ3) is 5.21. The minimum Gasteiger partial charge on any atom is -0.382 e. The normalized spacial score (nSPS) is 13.7.